The second-order valence-corrected chi connectivity index (χ2v) is 5.33. The number of hydrogen-bond donors (Lipinski definition) is 1. The van der Waals surface area contributed by atoms with Crippen LogP contribution in [0.1, 0.15) is 35.3 Å². The number of nitrogens with two attached hydrogens (primary N) is 1. The number of piperidine rings is 1. The fourth-order valence-corrected chi connectivity index (χ4v) is 2.79. The molecular formula is C15H23N3O2. The second-order valence-electron chi connectivity index (χ2n) is 5.33. The molecule has 1 atom stereocenters. The molecule has 0 amide bonds. The molecule has 1 aliphatic heterocycles. The zero-order chi connectivity index (χ0) is 14.5. The van der Waals surface area contributed by atoms with Gasteiger partial charge in [0.25, 0.3) is 0 Å². The highest BCUT2D eigenvalue weighted by molar-refractivity contribution is 5.90. The molecule has 2 rings (SSSR count). The summed E-state index contributed by atoms with van der Waals surface area (Å²) in [5, 5.41) is 0. The Bertz CT molecular complexity index is 474. The van der Waals surface area contributed by atoms with Crippen LogP contribution in [0, 0.1) is 12.8 Å². The van der Waals surface area contributed by atoms with E-state index in [9.17, 15) is 4.79 Å². The number of nitrogens with zero attached hydrogens (tertiary/aromatic N) is 2. The number of aromatic nitrogens is 1. The van der Waals surface area contributed by atoms with Gasteiger partial charge in [0.1, 0.15) is 5.82 Å². The molecule has 0 bridgehead atoms. The van der Waals surface area contributed by atoms with Crippen LogP contribution in [0.2, 0.25) is 0 Å². The molecule has 2 N–H and O–H groups in total. The molecule has 1 aromatic rings. The molecule has 0 saturated carbocycles. The number of pyridine rings is 1. The molecule has 0 radical (unpaired) electrons. The number of esters is 1. The lowest BCUT2D eigenvalue weighted by molar-refractivity contribution is 0.0599. The number of rotatable bonds is 4. The highest BCUT2D eigenvalue weighted by Crippen LogP contribution is 2.24. The van der Waals surface area contributed by atoms with Gasteiger partial charge in [-0.3, -0.25) is 0 Å². The Hall–Kier alpha value is -1.62. The van der Waals surface area contributed by atoms with Gasteiger partial charge in [-0.25, -0.2) is 9.78 Å². The summed E-state index contributed by atoms with van der Waals surface area (Å²) in [5.41, 5.74) is 6.90. The molecule has 0 aromatic carbocycles. The Kier molecular flexibility index (Phi) is 4.95. The normalized spacial score (nSPS) is 18.9. The monoisotopic (exact) mass is 277 g/mol. The maximum absolute atomic E-state index is 11.6. The van der Waals surface area contributed by atoms with Crippen molar-refractivity contribution in [3.63, 3.8) is 0 Å². The van der Waals surface area contributed by atoms with Crippen molar-refractivity contribution in [1.29, 1.82) is 0 Å². The molecule has 1 saturated heterocycles. The first-order valence-electron chi connectivity index (χ1n) is 7.16. The van der Waals surface area contributed by atoms with E-state index in [-0.39, 0.29) is 5.97 Å². The molecule has 110 valence electrons. The average Bonchev–Trinajstić information content (AvgIpc) is 2.47. The van der Waals surface area contributed by atoms with Gasteiger partial charge in [-0.1, -0.05) is 0 Å². The van der Waals surface area contributed by atoms with E-state index in [0.29, 0.717) is 11.5 Å². The van der Waals surface area contributed by atoms with Crippen molar-refractivity contribution >= 4 is 11.8 Å². The molecule has 20 heavy (non-hydrogen) atoms. The largest absolute Gasteiger partial charge is 0.465 e. The predicted molar refractivity (Wildman–Crippen MR) is 78.9 cm³/mol. The fraction of sp³-hybridized carbons (Fsp3) is 0.600. The first-order valence-corrected chi connectivity index (χ1v) is 7.16. The van der Waals surface area contributed by atoms with E-state index in [1.807, 2.05) is 13.0 Å². The maximum atomic E-state index is 11.6. The van der Waals surface area contributed by atoms with Gasteiger partial charge in [-0.05, 0) is 50.8 Å². The summed E-state index contributed by atoms with van der Waals surface area (Å²) in [6.07, 6.45) is 3.48. The number of carbonyl (C=O) groups is 1. The van der Waals surface area contributed by atoms with Gasteiger partial charge in [0, 0.05) is 13.1 Å². The van der Waals surface area contributed by atoms with Crippen molar-refractivity contribution in [2.75, 3.05) is 31.6 Å². The van der Waals surface area contributed by atoms with Gasteiger partial charge in [0.15, 0.2) is 0 Å². The average molecular weight is 277 g/mol. The minimum Gasteiger partial charge on any atom is -0.465 e. The predicted octanol–water partition coefficient (Wildman–Crippen LogP) is 1.74. The zero-order valence-corrected chi connectivity index (χ0v) is 12.3. The SMILES string of the molecule is COC(=O)c1ccc(N2CCCC(CCN)C2)nc1C. The Balaban J connectivity index is 2.12. The summed E-state index contributed by atoms with van der Waals surface area (Å²) >= 11 is 0. The molecule has 1 aromatic heterocycles. The molecule has 0 spiro atoms. The molecule has 5 heteroatoms. The van der Waals surface area contributed by atoms with Crippen LogP contribution in [0.5, 0.6) is 0 Å². The van der Waals surface area contributed by atoms with Gasteiger partial charge in [-0.2, -0.15) is 0 Å². The molecule has 5 nitrogen and oxygen atoms in total. The van der Waals surface area contributed by atoms with E-state index < -0.39 is 0 Å². The topological polar surface area (TPSA) is 68.5 Å². The summed E-state index contributed by atoms with van der Waals surface area (Å²) in [6.45, 7) is 4.61. The van der Waals surface area contributed by atoms with E-state index in [0.717, 1.165) is 37.6 Å². The van der Waals surface area contributed by atoms with Crippen molar-refractivity contribution in [3.05, 3.63) is 23.4 Å². The van der Waals surface area contributed by atoms with Gasteiger partial charge < -0.3 is 15.4 Å². The minimum atomic E-state index is -0.332. The van der Waals surface area contributed by atoms with Crippen LogP contribution in [0.3, 0.4) is 0 Å². The van der Waals surface area contributed by atoms with Crippen molar-refractivity contribution in [1.82, 2.24) is 4.98 Å². The third-order valence-electron chi connectivity index (χ3n) is 3.89. The summed E-state index contributed by atoms with van der Waals surface area (Å²) in [5.74, 6) is 1.26. The summed E-state index contributed by atoms with van der Waals surface area (Å²) in [4.78, 5) is 18.4. The lowest BCUT2D eigenvalue weighted by Crippen LogP contribution is -2.36. The third kappa shape index (κ3) is 3.28. The van der Waals surface area contributed by atoms with Crippen molar-refractivity contribution in [3.8, 4) is 0 Å². The maximum Gasteiger partial charge on any atom is 0.339 e. The molecule has 1 fully saturated rings. The Morgan fingerprint density at radius 1 is 1.55 bits per heavy atom. The van der Waals surface area contributed by atoms with Crippen LogP contribution < -0.4 is 10.6 Å². The number of aryl methyl sites for hydroxylation is 1. The lowest BCUT2D eigenvalue weighted by Gasteiger charge is -2.33. The molecular weight excluding hydrogens is 254 g/mol. The van der Waals surface area contributed by atoms with Gasteiger partial charge in [0.2, 0.25) is 0 Å². The van der Waals surface area contributed by atoms with E-state index in [1.54, 1.807) is 6.07 Å². The van der Waals surface area contributed by atoms with Crippen molar-refractivity contribution in [2.45, 2.75) is 26.2 Å². The third-order valence-corrected chi connectivity index (χ3v) is 3.89. The van der Waals surface area contributed by atoms with Crippen LogP contribution in [0.25, 0.3) is 0 Å². The van der Waals surface area contributed by atoms with E-state index in [1.165, 1.54) is 20.0 Å². The van der Waals surface area contributed by atoms with Crippen molar-refractivity contribution < 1.29 is 9.53 Å². The first-order chi connectivity index (χ1) is 9.65. The fourth-order valence-electron chi connectivity index (χ4n) is 2.79. The summed E-state index contributed by atoms with van der Waals surface area (Å²) in [7, 11) is 1.39. The second kappa shape index (κ2) is 6.70. The van der Waals surface area contributed by atoms with E-state index in [4.69, 9.17) is 10.5 Å². The lowest BCUT2D eigenvalue weighted by atomic mass is 9.95. The molecule has 2 heterocycles. The summed E-state index contributed by atoms with van der Waals surface area (Å²) < 4.78 is 4.75. The molecule has 0 aliphatic carbocycles. The minimum absolute atomic E-state index is 0.332. The number of carbonyl (C=O) groups excluding carboxylic acids is 1. The summed E-state index contributed by atoms with van der Waals surface area (Å²) in [6, 6.07) is 3.71. The Morgan fingerprint density at radius 2 is 2.35 bits per heavy atom. The first kappa shape index (κ1) is 14.8. The van der Waals surface area contributed by atoms with Gasteiger partial charge in [-0.15, -0.1) is 0 Å². The standard InChI is InChI=1S/C15H23N3O2/c1-11-13(15(19)20-2)5-6-14(17-11)18-9-3-4-12(10-18)7-8-16/h5-6,12H,3-4,7-10,16H2,1-2H3. The van der Waals surface area contributed by atoms with Crippen LogP contribution in [0.4, 0.5) is 5.82 Å². The highest BCUT2D eigenvalue weighted by Gasteiger charge is 2.21. The van der Waals surface area contributed by atoms with Crippen LogP contribution in [0.15, 0.2) is 12.1 Å². The van der Waals surface area contributed by atoms with E-state index >= 15 is 0 Å². The van der Waals surface area contributed by atoms with Gasteiger partial charge >= 0.3 is 5.97 Å². The smallest absolute Gasteiger partial charge is 0.339 e. The highest BCUT2D eigenvalue weighted by atomic mass is 16.5. The van der Waals surface area contributed by atoms with E-state index in [2.05, 4.69) is 9.88 Å². The number of ether oxygens (including phenoxy) is 1. The van der Waals surface area contributed by atoms with Crippen molar-refractivity contribution in [2.24, 2.45) is 11.7 Å². The van der Waals surface area contributed by atoms with Crippen LogP contribution in [-0.2, 0) is 4.74 Å². The quantitative estimate of drug-likeness (QED) is 0.849. The van der Waals surface area contributed by atoms with Crippen LogP contribution >= 0.6 is 0 Å². The number of anilines is 1. The zero-order valence-electron chi connectivity index (χ0n) is 12.3. The molecule has 1 unspecified atom stereocenters. The Labute approximate surface area is 120 Å². The number of hydrogen-bond acceptors (Lipinski definition) is 5. The molecule has 1 aliphatic rings. The van der Waals surface area contributed by atoms with Gasteiger partial charge in [0.05, 0.1) is 18.4 Å². The van der Waals surface area contributed by atoms with Crippen LogP contribution in [-0.4, -0.2) is 37.7 Å². The number of methoxy groups -OCH3 is 1. The Morgan fingerprint density at radius 3 is 3.00 bits per heavy atom.